The number of carbonyl (C=O) groups is 2. The zero-order valence-corrected chi connectivity index (χ0v) is 13.2. The van der Waals surface area contributed by atoms with Gasteiger partial charge in [-0.15, -0.1) is 0 Å². The van der Waals surface area contributed by atoms with E-state index in [-0.39, 0.29) is 11.1 Å². The van der Waals surface area contributed by atoms with Gasteiger partial charge in [0.05, 0.1) is 5.56 Å². The summed E-state index contributed by atoms with van der Waals surface area (Å²) in [6.45, 7) is 0. The van der Waals surface area contributed by atoms with Crippen molar-refractivity contribution >= 4 is 33.8 Å². The molecule has 2 amide bonds. The number of hydrazine groups is 1. The van der Waals surface area contributed by atoms with Gasteiger partial charge >= 0.3 is 0 Å². The number of benzene rings is 2. The van der Waals surface area contributed by atoms with E-state index in [1.807, 2.05) is 0 Å². The highest BCUT2D eigenvalue weighted by Crippen LogP contribution is 2.16. The van der Waals surface area contributed by atoms with Crippen LogP contribution < -0.4 is 10.9 Å². The summed E-state index contributed by atoms with van der Waals surface area (Å²) >= 11 is 3.19. The third-order valence-electron chi connectivity index (χ3n) is 2.79. The molecular formula is C16H11BrF2N2O2. The van der Waals surface area contributed by atoms with Crippen LogP contribution in [-0.2, 0) is 4.79 Å². The van der Waals surface area contributed by atoms with Gasteiger partial charge < -0.3 is 0 Å². The number of halogens is 3. The standard InChI is InChI=1S/C16H11BrF2N2O2/c17-11-6-7-13(18)10(9-11)5-8-15(22)20-21-16(23)12-3-1-2-4-14(12)19/h1-9H,(H,20,22)(H,21,23)/b8-5+. The average molecular weight is 381 g/mol. The van der Waals surface area contributed by atoms with Crippen molar-refractivity contribution < 1.29 is 18.4 Å². The fraction of sp³-hybridized carbons (Fsp3) is 0. The van der Waals surface area contributed by atoms with E-state index in [1.165, 1.54) is 42.5 Å². The lowest BCUT2D eigenvalue weighted by atomic mass is 10.2. The Morgan fingerprint density at radius 1 is 1.00 bits per heavy atom. The summed E-state index contributed by atoms with van der Waals surface area (Å²) in [6.07, 6.45) is 2.30. The van der Waals surface area contributed by atoms with Crippen molar-refractivity contribution in [2.75, 3.05) is 0 Å². The van der Waals surface area contributed by atoms with E-state index in [2.05, 4.69) is 26.8 Å². The lowest BCUT2D eigenvalue weighted by Crippen LogP contribution is -2.41. The fourth-order valence-corrected chi connectivity index (χ4v) is 2.06. The smallest absolute Gasteiger partial charge is 0.268 e. The highest BCUT2D eigenvalue weighted by molar-refractivity contribution is 9.10. The number of nitrogens with one attached hydrogen (secondary N) is 2. The van der Waals surface area contributed by atoms with Gasteiger partial charge in [0.25, 0.3) is 11.8 Å². The van der Waals surface area contributed by atoms with Crippen molar-refractivity contribution in [1.29, 1.82) is 0 Å². The van der Waals surface area contributed by atoms with Gasteiger partial charge in [0.15, 0.2) is 0 Å². The second kappa shape index (κ2) is 7.64. The molecule has 0 aliphatic carbocycles. The summed E-state index contributed by atoms with van der Waals surface area (Å²) in [5.74, 6) is -2.67. The molecular weight excluding hydrogens is 370 g/mol. The third-order valence-corrected chi connectivity index (χ3v) is 3.28. The fourth-order valence-electron chi connectivity index (χ4n) is 1.68. The predicted octanol–water partition coefficient (Wildman–Crippen LogP) is 3.20. The van der Waals surface area contributed by atoms with Crippen LogP contribution in [0.1, 0.15) is 15.9 Å². The first-order chi connectivity index (χ1) is 11.0. The zero-order chi connectivity index (χ0) is 16.8. The SMILES string of the molecule is O=C(/C=C/c1cc(Br)ccc1F)NNC(=O)c1ccccc1F. The molecule has 0 aliphatic rings. The monoisotopic (exact) mass is 380 g/mol. The van der Waals surface area contributed by atoms with Crippen molar-refractivity contribution in [3.63, 3.8) is 0 Å². The van der Waals surface area contributed by atoms with Gasteiger partial charge in [-0.05, 0) is 36.4 Å². The van der Waals surface area contributed by atoms with E-state index in [0.717, 1.165) is 12.1 Å². The quantitative estimate of drug-likeness (QED) is 0.634. The van der Waals surface area contributed by atoms with Crippen LogP contribution in [0.2, 0.25) is 0 Å². The molecule has 0 fully saturated rings. The minimum Gasteiger partial charge on any atom is -0.268 e. The average Bonchev–Trinajstić information content (AvgIpc) is 2.54. The Kier molecular flexibility index (Phi) is 5.59. The van der Waals surface area contributed by atoms with Gasteiger partial charge in [-0.1, -0.05) is 28.1 Å². The number of hydrogen-bond acceptors (Lipinski definition) is 2. The molecule has 2 rings (SSSR count). The molecule has 0 spiro atoms. The zero-order valence-electron chi connectivity index (χ0n) is 11.6. The highest BCUT2D eigenvalue weighted by atomic mass is 79.9. The van der Waals surface area contributed by atoms with Crippen molar-refractivity contribution in [2.45, 2.75) is 0 Å². The molecule has 0 saturated carbocycles. The molecule has 23 heavy (non-hydrogen) atoms. The van der Waals surface area contributed by atoms with Crippen molar-refractivity contribution in [2.24, 2.45) is 0 Å². The minimum absolute atomic E-state index is 0.199. The molecule has 0 unspecified atom stereocenters. The summed E-state index contributed by atoms with van der Waals surface area (Å²) in [7, 11) is 0. The highest BCUT2D eigenvalue weighted by Gasteiger charge is 2.10. The Bertz CT molecular complexity index is 778. The maximum Gasteiger partial charge on any atom is 0.272 e. The van der Waals surface area contributed by atoms with E-state index < -0.39 is 23.4 Å². The molecule has 2 aromatic rings. The van der Waals surface area contributed by atoms with Crippen molar-refractivity contribution in [3.05, 3.63) is 75.8 Å². The van der Waals surface area contributed by atoms with Gasteiger partial charge in [0.2, 0.25) is 0 Å². The van der Waals surface area contributed by atoms with Crippen LogP contribution in [0.25, 0.3) is 6.08 Å². The second-order valence-corrected chi connectivity index (χ2v) is 5.34. The molecule has 2 N–H and O–H groups in total. The first-order valence-electron chi connectivity index (χ1n) is 6.45. The van der Waals surface area contributed by atoms with E-state index >= 15 is 0 Å². The molecule has 118 valence electrons. The van der Waals surface area contributed by atoms with Gasteiger partial charge in [-0.3, -0.25) is 20.4 Å². The lowest BCUT2D eigenvalue weighted by Gasteiger charge is -2.06. The molecule has 4 nitrogen and oxygen atoms in total. The largest absolute Gasteiger partial charge is 0.272 e. The van der Waals surface area contributed by atoms with Crippen LogP contribution in [0, 0.1) is 11.6 Å². The summed E-state index contributed by atoms with van der Waals surface area (Å²) < 4.78 is 27.5. The Balaban J connectivity index is 1.95. The molecule has 2 aromatic carbocycles. The lowest BCUT2D eigenvalue weighted by molar-refractivity contribution is -0.117. The van der Waals surface area contributed by atoms with Gasteiger partial charge in [0.1, 0.15) is 11.6 Å². The molecule has 0 saturated heterocycles. The summed E-state index contributed by atoms with van der Waals surface area (Å²) in [5.41, 5.74) is 4.16. The van der Waals surface area contributed by atoms with Gasteiger partial charge in [-0.25, -0.2) is 8.78 Å². The number of amides is 2. The Hall–Kier alpha value is -2.54. The minimum atomic E-state index is -0.793. The van der Waals surface area contributed by atoms with Crippen molar-refractivity contribution in [3.8, 4) is 0 Å². The van der Waals surface area contributed by atoms with Crippen molar-refractivity contribution in [1.82, 2.24) is 10.9 Å². The molecule has 7 heteroatoms. The normalized spacial score (nSPS) is 10.6. The topological polar surface area (TPSA) is 58.2 Å². The van der Waals surface area contributed by atoms with E-state index in [1.54, 1.807) is 0 Å². The number of carbonyl (C=O) groups excluding carboxylic acids is 2. The van der Waals surface area contributed by atoms with Crippen LogP contribution in [-0.4, -0.2) is 11.8 Å². The predicted molar refractivity (Wildman–Crippen MR) is 85.1 cm³/mol. The van der Waals surface area contributed by atoms with E-state index in [0.29, 0.717) is 4.47 Å². The van der Waals surface area contributed by atoms with E-state index in [9.17, 15) is 18.4 Å². The van der Waals surface area contributed by atoms with Crippen LogP contribution in [0.15, 0.2) is 53.0 Å². The Morgan fingerprint density at radius 2 is 1.74 bits per heavy atom. The van der Waals surface area contributed by atoms with Crippen LogP contribution >= 0.6 is 15.9 Å². The third kappa shape index (κ3) is 4.72. The van der Waals surface area contributed by atoms with E-state index in [4.69, 9.17) is 0 Å². The molecule has 0 atom stereocenters. The molecule has 0 radical (unpaired) electrons. The number of rotatable bonds is 3. The Morgan fingerprint density at radius 3 is 2.48 bits per heavy atom. The molecule has 0 aromatic heterocycles. The summed E-state index contributed by atoms with van der Waals surface area (Å²) in [5, 5.41) is 0. The Labute approximate surface area is 139 Å². The molecule has 0 heterocycles. The van der Waals surface area contributed by atoms with Gasteiger partial charge in [0, 0.05) is 16.1 Å². The maximum atomic E-state index is 13.5. The van der Waals surface area contributed by atoms with Crippen LogP contribution in [0.5, 0.6) is 0 Å². The van der Waals surface area contributed by atoms with Gasteiger partial charge in [-0.2, -0.15) is 0 Å². The maximum absolute atomic E-state index is 13.5. The molecule has 0 bridgehead atoms. The number of hydrogen-bond donors (Lipinski definition) is 2. The first kappa shape index (κ1) is 16.8. The van der Waals surface area contributed by atoms with Crippen LogP contribution in [0.4, 0.5) is 8.78 Å². The second-order valence-electron chi connectivity index (χ2n) is 4.42. The summed E-state index contributed by atoms with van der Waals surface area (Å²) in [4.78, 5) is 23.3. The van der Waals surface area contributed by atoms with Crippen LogP contribution in [0.3, 0.4) is 0 Å². The molecule has 0 aliphatic heterocycles. The first-order valence-corrected chi connectivity index (χ1v) is 7.24. The summed E-state index contributed by atoms with van der Waals surface area (Å²) in [6, 6.07) is 9.63.